The van der Waals surface area contributed by atoms with Crippen molar-refractivity contribution in [2.75, 3.05) is 44.7 Å². The average Bonchev–Trinajstić information content (AvgIpc) is 2.69. The van der Waals surface area contributed by atoms with Gasteiger partial charge in [-0.05, 0) is 48.9 Å². The van der Waals surface area contributed by atoms with Gasteiger partial charge in [0.05, 0.1) is 19.7 Å². The summed E-state index contributed by atoms with van der Waals surface area (Å²) in [4.78, 5) is 16.8. The van der Waals surface area contributed by atoms with E-state index in [-0.39, 0.29) is 17.8 Å². The molecule has 0 bridgehead atoms. The van der Waals surface area contributed by atoms with Crippen LogP contribution in [0.1, 0.15) is 18.5 Å². The van der Waals surface area contributed by atoms with E-state index in [9.17, 15) is 9.18 Å². The topological polar surface area (TPSA) is 44.8 Å². The molecule has 1 amide bonds. The lowest BCUT2D eigenvalue weighted by Gasteiger charge is -2.36. The molecule has 0 unspecified atom stereocenters. The summed E-state index contributed by atoms with van der Waals surface area (Å²) >= 11 is 0. The number of hydrogen-bond acceptors (Lipinski definition) is 4. The number of rotatable bonds is 6. The Bertz CT molecular complexity index is 741. The van der Waals surface area contributed by atoms with Crippen LogP contribution in [0.25, 0.3) is 0 Å². The lowest BCUT2D eigenvalue weighted by molar-refractivity contribution is -0.123. The van der Waals surface area contributed by atoms with Gasteiger partial charge in [-0.3, -0.25) is 9.69 Å². The van der Waals surface area contributed by atoms with E-state index >= 15 is 0 Å². The van der Waals surface area contributed by atoms with Gasteiger partial charge in [-0.15, -0.1) is 0 Å². The number of hydrogen-bond donors (Lipinski definition) is 1. The van der Waals surface area contributed by atoms with Gasteiger partial charge in [-0.1, -0.05) is 12.1 Å². The monoisotopic (exact) mass is 371 g/mol. The third kappa shape index (κ3) is 5.20. The molecule has 5 nitrogen and oxygen atoms in total. The van der Waals surface area contributed by atoms with Crippen molar-refractivity contribution in [3.8, 4) is 5.75 Å². The summed E-state index contributed by atoms with van der Waals surface area (Å²) in [5.41, 5.74) is 2.07. The number of methoxy groups -OCH3 is 1. The molecule has 1 atom stereocenters. The molecule has 0 aromatic heterocycles. The minimum atomic E-state index is -0.271. The lowest BCUT2D eigenvalue weighted by Crippen LogP contribution is -2.49. The molecule has 6 heteroatoms. The summed E-state index contributed by atoms with van der Waals surface area (Å²) in [6, 6.07) is 14.1. The molecule has 0 spiro atoms. The highest BCUT2D eigenvalue weighted by atomic mass is 19.1. The molecule has 0 aliphatic carbocycles. The van der Waals surface area contributed by atoms with Crippen molar-refractivity contribution >= 4 is 11.6 Å². The molecule has 1 heterocycles. The normalized spacial score (nSPS) is 16.0. The Hall–Kier alpha value is -2.60. The number of anilines is 1. The number of amides is 1. The first kappa shape index (κ1) is 19.2. The molecule has 1 saturated heterocycles. The second-order valence-electron chi connectivity index (χ2n) is 6.80. The molecule has 2 aromatic carbocycles. The zero-order valence-corrected chi connectivity index (χ0v) is 15.8. The number of carbonyl (C=O) groups excluding carboxylic acids is 1. The molecular formula is C21H26FN3O2. The summed E-state index contributed by atoms with van der Waals surface area (Å²) in [5, 5.41) is 2.99. The van der Waals surface area contributed by atoms with Crippen molar-refractivity contribution in [2.45, 2.75) is 13.0 Å². The van der Waals surface area contributed by atoms with E-state index in [0.29, 0.717) is 6.54 Å². The van der Waals surface area contributed by atoms with Crippen LogP contribution in [-0.4, -0.2) is 50.6 Å². The van der Waals surface area contributed by atoms with Gasteiger partial charge >= 0.3 is 0 Å². The summed E-state index contributed by atoms with van der Waals surface area (Å²) in [6.07, 6.45) is 0. The number of carbonyl (C=O) groups is 1. The van der Waals surface area contributed by atoms with Crippen molar-refractivity contribution in [2.24, 2.45) is 0 Å². The van der Waals surface area contributed by atoms with E-state index < -0.39 is 0 Å². The standard InChI is InChI=1S/C21H26FN3O2/c1-16(17-3-5-18(22)6-4-17)23-21(26)15-24-11-13-25(14-12-24)19-7-9-20(27-2)10-8-19/h3-10,16H,11-15H2,1-2H3,(H,23,26)/t16-/m1/s1. The highest BCUT2D eigenvalue weighted by molar-refractivity contribution is 5.78. The molecule has 1 aliphatic heterocycles. The summed E-state index contributed by atoms with van der Waals surface area (Å²) in [7, 11) is 1.66. The SMILES string of the molecule is COc1ccc(N2CCN(CC(=O)N[C@H](C)c3ccc(F)cc3)CC2)cc1. The Balaban J connectivity index is 1.45. The van der Waals surface area contributed by atoms with Crippen LogP contribution in [0.15, 0.2) is 48.5 Å². The summed E-state index contributed by atoms with van der Waals surface area (Å²) in [5.74, 6) is 0.570. The number of nitrogens with zero attached hydrogens (tertiary/aromatic N) is 2. The molecule has 27 heavy (non-hydrogen) atoms. The number of nitrogens with one attached hydrogen (secondary N) is 1. The van der Waals surface area contributed by atoms with E-state index in [4.69, 9.17) is 4.74 Å². The van der Waals surface area contributed by atoms with E-state index in [1.165, 1.54) is 17.8 Å². The second-order valence-corrected chi connectivity index (χ2v) is 6.80. The molecule has 2 aromatic rings. The first-order valence-corrected chi connectivity index (χ1v) is 9.21. The van der Waals surface area contributed by atoms with E-state index in [1.807, 2.05) is 19.1 Å². The van der Waals surface area contributed by atoms with E-state index in [1.54, 1.807) is 19.2 Å². The highest BCUT2D eigenvalue weighted by Gasteiger charge is 2.20. The van der Waals surface area contributed by atoms with Gasteiger partial charge in [0.1, 0.15) is 11.6 Å². The average molecular weight is 371 g/mol. The molecule has 3 rings (SSSR count). The molecule has 0 radical (unpaired) electrons. The maximum absolute atomic E-state index is 13.0. The van der Waals surface area contributed by atoms with Crippen molar-refractivity contribution < 1.29 is 13.9 Å². The first-order chi connectivity index (χ1) is 13.0. The van der Waals surface area contributed by atoms with Crippen molar-refractivity contribution in [1.82, 2.24) is 10.2 Å². The Morgan fingerprint density at radius 2 is 1.70 bits per heavy atom. The Morgan fingerprint density at radius 1 is 1.07 bits per heavy atom. The van der Waals surface area contributed by atoms with Crippen LogP contribution in [0.2, 0.25) is 0 Å². The van der Waals surface area contributed by atoms with Gasteiger partial charge in [0.15, 0.2) is 0 Å². The van der Waals surface area contributed by atoms with Crippen molar-refractivity contribution in [3.05, 3.63) is 59.9 Å². The number of ether oxygens (including phenoxy) is 1. The van der Waals surface area contributed by atoms with Gasteiger partial charge in [0.25, 0.3) is 0 Å². The Morgan fingerprint density at radius 3 is 2.30 bits per heavy atom. The first-order valence-electron chi connectivity index (χ1n) is 9.21. The predicted molar refractivity (Wildman–Crippen MR) is 105 cm³/mol. The highest BCUT2D eigenvalue weighted by Crippen LogP contribution is 2.20. The molecule has 0 saturated carbocycles. The number of piperazine rings is 1. The quantitative estimate of drug-likeness (QED) is 0.848. The van der Waals surface area contributed by atoms with Crippen LogP contribution in [-0.2, 0) is 4.79 Å². The fourth-order valence-electron chi connectivity index (χ4n) is 3.28. The maximum Gasteiger partial charge on any atom is 0.234 e. The van der Waals surface area contributed by atoms with Crippen LogP contribution >= 0.6 is 0 Å². The lowest BCUT2D eigenvalue weighted by atomic mass is 10.1. The smallest absolute Gasteiger partial charge is 0.234 e. The van der Waals surface area contributed by atoms with Crippen LogP contribution in [0, 0.1) is 5.82 Å². The largest absolute Gasteiger partial charge is 0.497 e. The fraction of sp³-hybridized carbons (Fsp3) is 0.381. The third-order valence-electron chi connectivity index (χ3n) is 4.92. The number of halogens is 1. The molecule has 144 valence electrons. The summed E-state index contributed by atoms with van der Waals surface area (Å²) < 4.78 is 18.2. The molecule has 1 aliphatic rings. The van der Waals surface area contributed by atoms with Gasteiger partial charge in [0, 0.05) is 31.9 Å². The van der Waals surface area contributed by atoms with E-state index in [0.717, 1.165) is 37.5 Å². The van der Waals surface area contributed by atoms with Crippen LogP contribution in [0.3, 0.4) is 0 Å². The van der Waals surface area contributed by atoms with Gasteiger partial charge in [-0.25, -0.2) is 4.39 Å². The van der Waals surface area contributed by atoms with E-state index in [2.05, 4.69) is 27.2 Å². The van der Waals surface area contributed by atoms with Gasteiger partial charge in [-0.2, -0.15) is 0 Å². The molecule has 1 N–H and O–H groups in total. The third-order valence-corrected chi connectivity index (χ3v) is 4.92. The second kappa shape index (κ2) is 8.86. The zero-order chi connectivity index (χ0) is 19.2. The van der Waals surface area contributed by atoms with Crippen LogP contribution in [0.4, 0.5) is 10.1 Å². The minimum Gasteiger partial charge on any atom is -0.497 e. The predicted octanol–water partition coefficient (Wildman–Crippen LogP) is 2.83. The Labute approximate surface area is 159 Å². The summed E-state index contributed by atoms with van der Waals surface area (Å²) in [6.45, 7) is 5.73. The number of benzene rings is 2. The fourth-order valence-corrected chi connectivity index (χ4v) is 3.28. The maximum atomic E-state index is 13.0. The Kier molecular flexibility index (Phi) is 6.29. The van der Waals surface area contributed by atoms with Crippen molar-refractivity contribution in [3.63, 3.8) is 0 Å². The van der Waals surface area contributed by atoms with Gasteiger partial charge < -0.3 is 15.0 Å². The molecule has 1 fully saturated rings. The van der Waals surface area contributed by atoms with Gasteiger partial charge in [0.2, 0.25) is 5.91 Å². The van der Waals surface area contributed by atoms with Crippen LogP contribution < -0.4 is 15.0 Å². The zero-order valence-electron chi connectivity index (χ0n) is 15.8. The molecular weight excluding hydrogens is 345 g/mol. The van der Waals surface area contributed by atoms with Crippen LogP contribution in [0.5, 0.6) is 5.75 Å². The minimum absolute atomic E-state index is 0.00952. The van der Waals surface area contributed by atoms with Crippen molar-refractivity contribution in [1.29, 1.82) is 0 Å².